The van der Waals surface area contributed by atoms with Crippen molar-refractivity contribution in [2.24, 2.45) is 5.92 Å². The van der Waals surface area contributed by atoms with Crippen LogP contribution in [0.2, 0.25) is 0 Å². The van der Waals surface area contributed by atoms with E-state index in [-0.39, 0.29) is 24.3 Å². The molecule has 1 aromatic rings. The van der Waals surface area contributed by atoms with Gasteiger partial charge in [0.15, 0.2) is 0 Å². The Balaban J connectivity index is 1.73. The number of nitrogens with zero attached hydrogens (tertiary/aromatic N) is 2. The average molecular weight is 389 g/mol. The van der Waals surface area contributed by atoms with E-state index in [2.05, 4.69) is 19.2 Å². The van der Waals surface area contributed by atoms with Crippen LogP contribution in [0.3, 0.4) is 0 Å². The zero-order valence-electron chi connectivity index (χ0n) is 17.1. The van der Waals surface area contributed by atoms with Crippen LogP contribution < -0.4 is 10.1 Å². The van der Waals surface area contributed by atoms with Gasteiger partial charge in [0, 0.05) is 32.6 Å². The fourth-order valence-electron chi connectivity index (χ4n) is 3.07. The van der Waals surface area contributed by atoms with Crippen molar-refractivity contribution >= 4 is 17.7 Å². The highest BCUT2D eigenvalue weighted by atomic mass is 16.5. The van der Waals surface area contributed by atoms with Crippen molar-refractivity contribution in [2.45, 2.75) is 33.1 Å². The second-order valence-electron chi connectivity index (χ2n) is 7.50. The van der Waals surface area contributed by atoms with Gasteiger partial charge in [-0.05, 0) is 30.0 Å². The Hall–Kier alpha value is -2.57. The Bertz CT molecular complexity index is 682. The SMILES string of the molecule is COc1cccc(CC(=O)N2CCN(C(=O)CNC(=O)CCC(C)C)CC2)c1. The summed E-state index contributed by atoms with van der Waals surface area (Å²) in [5, 5.41) is 2.69. The van der Waals surface area contributed by atoms with Gasteiger partial charge in [-0.25, -0.2) is 0 Å². The fourth-order valence-corrected chi connectivity index (χ4v) is 3.07. The summed E-state index contributed by atoms with van der Waals surface area (Å²) in [7, 11) is 1.60. The molecule has 2 rings (SSSR count). The Morgan fingerprint density at radius 3 is 2.32 bits per heavy atom. The lowest BCUT2D eigenvalue weighted by atomic mass is 10.1. The van der Waals surface area contributed by atoms with Gasteiger partial charge in [0.05, 0.1) is 20.1 Å². The number of amides is 3. The van der Waals surface area contributed by atoms with Gasteiger partial charge in [0.2, 0.25) is 17.7 Å². The number of benzene rings is 1. The number of carbonyl (C=O) groups excluding carboxylic acids is 3. The van der Waals surface area contributed by atoms with Gasteiger partial charge in [0.1, 0.15) is 5.75 Å². The minimum Gasteiger partial charge on any atom is -0.497 e. The van der Waals surface area contributed by atoms with Crippen LogP contribution in [0, 0.1) is 5.92 Å². The molecule has 0 aromatic heterocycles. The van der Waals surface area contributed by atoms with Crippen LogP contribution in [0.25, 0.3) is 0 Å². The normalized spacial score (nSPS) is 14.1. The van der Waals surface area contributed by atoms with Gasteiger partial charge >= 0.3 is 0 Å². The fraction of sp³-hybridized carbons (Fsp3) is 0.571. The number of hydrogen-bond donors (Lipinski definition) is 1. The molecule has 0 atom stereocenters. The molecule has 1 aliphatic heterocycles. The van der Waals surface area contributed by atoms with E-state index < -0.39 is 0 Å². The van der Waals surface area contributed by atoms with Crippen LogP contribution in [0.4, 0.5) is 0 Å². The minimum absolute atomic E-state index is 0.0225. The first-order valence-electron chi connectivity index (χ1n) is 9.84. The number of nitrogens with one attached hydrogen (secondary N) is 1. The largest absolute Gasteiger partial charge is 0.497 e. The molecule has 1 N–H and O–H groups in total. The molecule has 1 heterocycles. The zero-order chi connectivity index (χ0) is 20.5. The summed E-state index contributed by atoms with van der Waals surface area (Å²) in [6, 6.07) is 7.48. The lowest BCUT2D eigenvalue weighted by Gasteiger charge is -2.35. The van der Waals surface area contributed by atoms with Gasteiger partial charge in [-0.15, -0.1) is 0 Å². The Morgan fingerprint density at radius 1 is 1.07 bits per heavy atom. The summed E-state index contributed by atoms with van der Waals surface area (Å²) < 4.78 is 5.19. The molecule has 0 unspecified atom stereocenters. The Morgan fingerprint density at radius 2 is 1.71 bits per heavy atom. The molecule has 0 aliphatic carbocycles. The number of rotatable bonds is 8. The highest BCUT2D eigenvalue weighted by Gasteiger charge is 2.24. The van der Waals surface area contributed by atoms with E-state index in [1.165, 1.54) is 0 Å². The van der Waals surface area contributed by atoms with Gasteiger partial charge in [-0.3, -0.25) is 14.4 Å². The first-order chi connectivity index (χ1) is 13.4. The van der Waals surface area contributed by atoms with Crippen molar-refractivity contribution in [3.05, 3.63) is 29.8 Å². The third-order valence-corrected chi connectivity index (χ3v) is 4.86. The van der Waals surface area contributed by atoms with Crippen molar-refractivity contribution in [1.82, 2.24) is 15.1 Å². The summed E-state index contributed by atoms with van der Waals surface area (Å²) in [4.78, 5) is 40.0. The third-order valence-electron chi connectivity index (χ3n) is 4.86. The van der Waals surface area contributed by atoms with Crippen LogP contribution in [0.5, 0.6) is 5.75 Å². The number of carbonyl (C=O) groups is 3. The Labute approximate surface area is 167 Å². The van der Waals surface area contributed by atoms with Crippen molar-refractivity contribution in [3.63, 3.8) is 0 Å². The van der Waals surface area contributed by atoms with Gasteiger partial charge < -0.3 is 19.9 Å². The topological polar surface area (TPSA) is 79.0 Å². The predicted octanol–water partition coefficient (Wildman–Crippen LogP) is 1.46. The van der Waals surface area contributed by atoms with Crippen molar-refractivity contribution in [2.75, 3.05) is 39.8 Å². The summed E-state index contributed by atoms with van der Waals surface area (Å²) in [6.45, 7) is 6.15. The highest BCUT2D eigenvalue weighted by Crippen LogP contribution is 2.14. The maximum Gasteiger partial charge on any atom is 0.242 e. The van der Waals surface area contributed by atoms with E-state index in [9.17, 15) is 14.4 Å². The van der Waals surface area contributed by atoms with E-state index in [0.717, 1.165) is 17.7 Å². The smallest absolute Gasteiger partial charge is 0.242 e. The molecule has 0 spiro atoms. The molecule has 1 fully saturated rings. The van der Waals surface area contributed by atoms with Crippen LogP contribution in [-0.4, -0.2) is 67.4 Å². The molecule has 0 saturated carbocycles. The summed E-state index contributed by atoms with van der Waals surface area (Å²) >= 11 is 0. The first-order valence-corrected chi connectivity index (χ1v) is 9.84. The van der Waals surface area contributed by atoms with Crippen LogP contribution >= 0.6 is 0 Å². The number of hydrogen-bond acceptors (Lipinski definition) is 4. The lowest BCUT2D eigenvalue weighted by molar-refractivity contribution is -0.139. The van der Waals surface area contributed by atoms with E-state index >= 15 is 0 Å². The van der Waals surface area contributed by atoms with Crippen LogP contribution in [-0.2, 0) is 20.8 Å². The zero-order valence-corrected chi connectivity index (χ0v) is 17.1. The average Bonchev–Trinajstić information content (AvgIpc) is 2.70. The molecule has 0 bridgehead atoms. The lowest BCUT2D eigenvalue weighted by Crippen LogP contribution is -2.52. The predicted molar refractivity (Wildman–Crippen MR) is 107 cm³/mol. The van der Waals surface area contributed by atoms with Gasteiger partial charge in [0.25, 0.3) is 0 Å². The maximum absolute atomic E-state index is 12.5. The van der Waals surface area contributed by atoms with Crippen molar-refractivity contribution in [3.8, 4) is 5.75 Å². The number of piperazine rings is 1. The minimum atomic E-state index is -0.0993. The molecule has 3 amide bonds. The van der Waals surface area contributed by atoms with Gasteiger partial charge in [-0.2, -0.15) is 0 Å². The second kappa shape index (κ2) is 10.7. The Kier molecular flexibility index (Phi) is 8.29. The first kappa shape index (κ1) is 21.7. The molecular weight excluding hydrogens is 358 g/mol. The highest BCUT2D eigenvalue weighted by molar-refractivity contribution is 5.85. The molecule has 7 heteroatoms. The summed E-state index contributed by atoms with van der Waals surface area (Å²) in [5.74, 6) is 1.05. The number of ether oxygens (including phenoxy) is 1. The molecule has 7 nitrogen and oxygen atoms in total. The molecule has 28 heavy (non-hydrogen) atoms. The second-order valence-corrected chi connectivity index (χ2v) is 7.50. The van der Waals surface area contributed by atoms with Crippen molar-refractivity contribution < 1.29 is 19.1 Å². The maximum atomic E-state index is 12.5. The third kappa shape index (κ3) is 6.87. The summed E-state index contributed by atoms with van der Waals surface area (Å²) in [6.07, 6.45) is 1.57. The standard InChI is InChI=1S/C21H31N3O4/c1-16(2)7-8-19(25)22-15-21(27)24-11-9-23(10-12-24)20(26)14-17-5-4-6-18(13-17)28-3/h4-6,13,16H,7-12,14-15H2,1-3H3,(H,22,25). The molecule has 1 aromatic carbocycles. The van der Waals surface area contributed by atoms with Gasteiger partial charge in [-0.1, -0.05) is 26.0 Å². The van der Waals surface area contributed by atoms with Crippen molar-refractivity contribution in [1.29, 1.82) is 0 Å². The molecular formula is C21H31N3O4. The molecule has 154 valence electrons. The van der Waals surface area contributed by atoms with E-state index in [1.54, 1.807) is 16.9 Å². The van der Waals surface area contributed by atoms with E-state index in [4.69, 9.17) is 4.74 Å². The van der Waals surface area contributed by atoms with Crippen LogP contribution in [0.1, 0.15) is 32.3 Å². The quantitative estimate of drug-likeness (QED) is 0.730. The molecule has 1 saturated heterocycles. The summed E-state index contributed by atoms with van der Waals surface area (Å²) in [5.41, 5.74) is 0.909. The van der Waals surface area contributed by atoms with E-state index in [0.29, 0.717) is 44.9 Å². The van der Waals surface area contributed by atoms with E-state index in [1.807, 2.05) is 24.3 Å². The molecule has 0 radical (unpaired) electrons. The monoisotopic (exact) mass is 389 g/mol. The number of methoxy groups -OCH3 is 1. The van der Waals surface area contributed by atoms with Crippen LogP contribution in [0.15, 0.2) is 24.3 Å². The molecule has 1 aliphatic rings.